The van der Waals surface area contributed by atoms with Gasteiger partial charge < -0.3 is 4.74 Å². The first-order chi connectivity index (χ1) is 9.89. The van der Waals surface area contributed by atoms with Gasteiger partial charge in [-0.15, -0.1) is 11.3 Å². The molecule has 0 amide bonds. The largest absolute Gasteiger partial charge is 0.497 e. The Hall–Kier alpha value is -1.60. The molecule has 1 heterocycles. The molecule has 21 heavy (non-hydrogen) atoms. The Morgan fingerprint density at radius 3 is 2.71 bits per heavy atom. The number of benzene rings is 1. The molecule has 7 heteroatoms. The molecule has 0 radical (unpaired) electrons. The van der Waals surface area contributed by atoms with Gasteiger partial charge in [-0.3, -0.25) is 4.72 Å². The van der Waals surface area contributed by atoms with E-state index in [1.807, 2.05) is 38.1 Å². The van der Waals surface area contributed by atoms with Crippen LogP contribution in [0.3, 0.4) is 0 Å². The Kier molecular flexibility index (Phi) is 4.84. The molecular formula is C14H18N2O3S2. The highest BCUT2D eigenvalue weighted by Crippen LogP contribution is 2.22. The maximum absolute atomic E-state index is 12.1. The Balaban J connectivity index is 2.00. The molecule has 1 N–H and O–H groups in total. The fourth-order valence-corrected chi connectivity index (χ4v) is 3.91. The molecule has 0 aliphatic rings. The van der Waals surface area contributed by atoms with E-state index in [0.717, 1.165) is 21.9 Å². The maximum Gasteiger partial charge on any atom is 0.234 e. The van der Waals surface area contributed by atoms with Crippen LogP contribution < -0.4 is 9.46 Å². The van der Waals surface area contributed by atoms with Gasteiger partial charge in [0.05, 0.1) is 18.6 Å². The quantitative estimate of drug-likeness (QED) is 0.886. The van der Waals surface area contributed by atoms with Crippen LogP contribution in [0.15, 0.2) is 24.3 Å². The number of hydrogen-bond donors (Lipinski definition) is 1. The van der Waals surface area contributed by atoms with Gasteiger partial charge in [0.2, 0.25) is 10.0 Å². The maximum atomic E-state index is 12.1. The number of nitrogens with zero attached hydrogens (tertiary/aromatic N) is 1. The average molecular weight is 326 g/mol. The number of aromatic nitrogens is 1. The predicted octanol–water partition coefficient (Wildman–Crippen LogP) is 2.75. The molecule has 2 aromatic rings. The van der Waals surface area contributed by atoms with Crippen molar-refractivity contribution < 1.29 is 13.2 Å². The predicted molar refractivity (Wildman–Crippen MR) is 85.7 cm³/mol. The molecule has 0 saturated carbocycles. The van der Waals surface area contributed by atoms with E-state index in [1.165, 1.54) is 11.3 Å². The lowest BCUT2D eigenvalue weighted by atomic mass is 10.2. The Labute approximate surface area is 129 Å². The zero-order valence-corrected chi connectivity index (χ0v) is 13.8. The van der Waals surface area contributed by atoms with Crippen molar-refractivity contribution in [3.63, 3.8) is 0 Å². The van der Waals surface area contributed by atoms with Gasteiger partial charge in [-0.25, -0.2) is 13.4 Å². The van der Waals surface area contributed by atoms with E-state index in [1.54, 1.807) is 7.11 Å². The highest BCUT2D eigenvalue weighted by atomic mass is 32.2. The minimum absolute atomic E-state index is 0.0117. The van der Waals surface area contributed by atoms with Gasteiger partial charge in [-0.1, -0.05) is 12.1 Å². The summed E-state index contributed by atoms with van der Waals surface area (Å²) in [5, 5.41) is 0.427. The average Bonchev–Trinajstić information content (AvgIpc) is 2.74. The van der Waals surface area contributed by atoms with Gasteiger partial charge in [0.25, 0.3) is 0 Å². The first-order valence-electron chi connectivity index (χ1n) is 6.47. The summed E-state index contributed by atoms with van der Waals surface area (Å²) in [6, 6.07) is 7.40. The second-order valence-corrected chi connectivity index (χ2v) is 7.73. The van der Waals surface area contributed by atoms with Crippen LogP contribution in [0.1, 0.15) is 16.1 Å². The number of methoxy groups -OCH3 is 1. The molecule has 0 aliphatic heterocycles. The van der Waals surface area contributed by atoms with Crippen LogP contribution in [-0.4, -0.2) is 26.3 Å². The molecule has 5 nitrogen and oxygen atoms in total. The summed E-state index contributed by atoms with van der Waals surface area (Å²) >= 11 is 1.35. The molecule has 0 saturated heterocycles. The number of ether oxygens (including phenoxy) is 1. The molecule has 0 atom stereocenters. The van der Waals surface area contributed by atoms with E-state index in [-0.39, 0.29) is 5.75 Å². The van der Waals surface area contributed by atoms with Crippen LogP contribution >= 0.6 is 11.3 Å². The minimum Gasteiger partial charge on any atom is -0.497 e. The van der Waals surface area contributed by atoms with Crippen molar-refractivity contribution in [3.05, 3.63) is 40.4 Å². The summed E-state index contributed by atoms with van der Waals surface area (Å²) in [4.78, 5) is 5.20. The van der Waals surface area contributed by atoms with E-state index in [4.69, 9.17) is 4.74 Å². The van der Waals surface area contributed by atoms with E-state index in [0.29, 0.717) is 11.6 Å². The Bertz CT molecular complexity index is 704. The van der Waals surface area contributed by atoms with Gasteiger partial charge in [0.1, 0.15) is 5.75 Å². The van der Waals surface area contributed by atoms with Gasteiger partial charge in [-0.05, 0) is 38.0 Å². The molecule has 114 valence electrons. The first-order valence-corrected chi connectivity index (χ1v) is 8.94. The minimum atomic E-state index is -3.40. The SMILES string of the molecule is COc1cccc(CCS(=O)(=O)Nc2nc(C)c(C)s2)c1. The Morgan fingerprint density at radius 2 is 2.10 bits per heavy atom. The number of thiazole rings is 1. The number of sulfonamides is 1. The number of aryl methyl sites for hydroxylation is 3. The molecule has 0 bridgehead atoms. The van der Waals surface area contributed by atoms with Crippen molar-refractivity contribution >= 4 is 26.5 Å². The van der Waals surface area contributed by atoms with Crippen molar-refractivity contribution in [2.45, 2.75) is 20.3 Å². The monoisotopic (exact) mass is 326 g/mol. The molecular weight excluding hydrogens is 308 g/mol. The summed E-state index contributed by atoms with van der Waals surface area (Å²) in [5.41, 5.74) is 1.77. The zero-order chi connectivity index (χ0) is 15.5. The van der Waals surface area contributed by atoms with Crippen molar-refractivity contribution in [3.8, 4) is 5.75 Å². The van der Waals surface area contributed by atoms with Crippen molar-refractivity contribution in [2.75, 3.05) is 17.6 Å². The fourth-order valence-electron chi connectivity index (χ4n) is 1.78. The van der Waals surface area contributed by atoms with E-state index in [9.17, 15) is 8.42 Å². The molecule has 1 aromatic heterocycles. The smallest absolute Gasteiger partial charge is 0.234 e. The molecule has 1 aromatic carbocycles. The third-order valence-electron chi connectivity index (χ3n) is 3.06. The van der Waals surface area contributed by atoms with Gasteiger partial charge >= 0.3 is 0 Å². The highest BCUT2D eigenvalue weighted by molar-refractivity contribution is 7.92. The number of anilines is 1. The van der Waals surface area contributed by atoms with Crippen LogP contribution in [0.4, 0.5) is 5.13 Å². The third-order valence-corrected chi connectivity index (χ3v) is 5.43. The summed E-state index contributed by atoms with van der Waals surface area (Å²) in [5.74, 6) is 0.738. The van der Waals surface area contributed by atoms with Gasteiger partial charge in [0, 0.05) is 4.88 Å². The van der Waals surface area contributed by atoms with Crippen LogP contribution in [0, 0.1) is 13.8 Å². The topological polar surface area (TPSA) is 68.3 Å². The molecule has 0 aliphatic carbocycles. The van der Waals surface area contributed by atoms with E-state index >= 15 is 0 Å². The normalized spacial score (nSPS) is 11.4. The second-order valence-electron chi connectivity index (χ2n) is 4.68. The molecule has 2 rings (SSSR count). The third kappa shape index (κ3) is 4.44. The molecule has 0 unspecified atom stereocenters. The molecule has 0 spiro atoms. The van der Waals surface area contributed by atoms with Crippen molar-refractivity contribution in [2.24, 2.45) is 0 Å². The molecule has 0 fully saturated rings. The van der Waals surface area contributed by atoms with Gasteiger partial charge in [-0.2, -0.15) is 0 Å². The Morgan fingerprint density at radius 1 is 1.33 bits per heavy atom. The van der Waals surface area contributed by atoms with Crippen molar-refractivity contribution in [1.29, 1.82) is 0 Å². The fraction of sp³-hybridized carbons (Fsp3) is 0.357. The van der Waals surface area contributed by atoms with Crippen LogP contribution in [-0.2, 0) is 16.4 Å². The lowest BCUT2D eigenvalue weighted by molar-refractivity contribution is 0.414. The van der Waals surface area contributed by atoms with Gasteiger partial charge in [0.15, 0.2) is 5.13 Å². The van der Waals surface area contributed by atoms with Crippen LogP contribution in [0.25, 0.3) is 0 Å². The summed E-state index contributed by atoms with van der Waals surface area (Å²) in [7, 11) is -1.81. The van der Waals surface area contributed by atoms with Crippen LogP contribution in [0.5, 0.6) is 5.75 Å². The zero-order valence-electron chi connectivity index (χ0n) is 12.2. The summed E-state index contributed by atoms with van der Waals surface area (Å²) < 4.78 is 31.8. The summed E-state index contributed by atoms with van der Waals surface area (Å²) in [6.07, 6.45) is 0.426. The van der Waals surface area contributed by atoms with E-state index in [2.05, 4.69) is 9.71 Å². The van der Waals surface area contributed by atoms with E-state index < -0.39 is 10.0 Å². The number of nitrogens with one attached hydrogen (secondary N) is 1. The lowest BCUT2D eigenvalue weighted by Crippen LogP contribution is -2.18. The number of hydrogen-bond acceptors (Lipinski definition) is 5. The highest BCUT2D eigenvalue weighted by Gasteiger charge is 2.14. The standard InChI is InChI=1S/C14H18N2O3S2/c1-10-11(2)20-14(15-10)16-21(17,18)8-7-12-5-4-6-13(9-12)19-3/h4-6,9H,7-8H2,1-3H3,(H,15,16). The summed E-state index contributed by atoms with van der Waals surface area (Å²) in [6.45, 7) is 3.78. The second kappa shape index (κ2) is 6.44. The first kappa shape index (κ1) is 15.8. The number of rotatable bonds is 6. The van der Waals surface area contributed by atoms with Crippen LogP contribution in [0.2, 0.25) is 0 Å². The van der Waals surface area contributed by atoms with Crippen molar-refractivity contribution in [1.82, 2.24) is 4.98 Å². The lowest BCUT2D eigenvalue weighted by Gasteiger charge is -2.06.